The normalized spacial score (nSPS) is 25.8. The molecule has 2 nitrogen and oxygen atoms in total. The van der Waals surface area contributed by atoms with Gasteiger partial charge in [0.1, 0.15) is 5.82 Å². The van der Waals surface area contributed by atoms with Crippen LogP contribution in [0.2, 0.25) is 5.02 Å². The van der Waals surface area contributed by atoms with Crippen molar-refractivity contribution >= 4 is 28.3 Å². The van der Waals surface area contributed by atoms with Gasteiger partial charge >= 0.3 is 0 Å². The standard InChI is InChI=1S/C26H25ClFNO/c27-20-9-4-17(5-10-20)26(30)29-25-13-8-18-14-19(25)7-12-22(18)23-3-1-2-16-6-11-21(28)15-24(16)23/h1-6,9-11,15,18-19,22,25H,7-8,12-14H2,(H,29,30)/t18-,19-,22+,25+/m1/s1. The van der Waals surface area contributed by atoms with E-state index in [1.807, 2.05) is 6.07 Å². The summed E-state index contributed by atoms with van der Waals surface area (Å²) in [5.74, 6) is 1.41. The molecule has 0 saturated heterocycles. The molecule has 0 aliphatic heterocycles. The lowest BCUT2D eigenvalue weighted by Crippen LogP contribution is -2.46. The third-order valence-electron chi connectivity index (χ3n) is 7.14. The molecule has 2 aliphatic rings. The SMILES string of the molecule is O=C(N[C@H]1CC[C@@H]2C[C@H]1CC[C@@H]2c1cccc2ccc(F)cc12)c1ccc(Cl)cc1. The summed E-state index contributed by atoms with van der Waals surface area (Å²) in [6, 6.07) is 18.7. The number of carbonyl (C=O) groups excluding carboxylic acids is 1. The lowest BCUT2D eigenvalue weighted by Gasteiger charge is -2.45. The van der Waals surface area contributed by atoms with Crippen molar-refractivity contribution in [2.75, 3.05) is 0 Å². The average molecular weight is 422 g/mol. The van der Waals surface area contributed by atoms with Gasteiger partial charge in [0.25, 0.3) is 5.91 Å². The minimum absolute atomic E-state index is 0.0123. The second-order valence-corrected chi connectivity index (χ2v) is 9.25. The van der Waals surface area contributed by atoms with E-state index < -0.39 is 0 Å². The summed E-state index contributed by atoms with van der Waals surface area (Å²) in [6.07, 6.45) is 5.42. The predicted molar refractivity (Wildman–Crippen MR) is 119 cm³/mol. The molecule has 2 bridgehead atoms. The lowest BCUT2D eigenvalue weighted by atomic mass is 9.63. The average Bonchev–Trinajstić information content (AvgIpc) is 2.76. The zero-order valence-electron chi connectivity index (χ0n) is 16.8. The van der Waals surface area contributed by atoms with Crippen molar-refractivity contribution in [3.63, 3.8) is 0 Å². The number of amides is 1. The summed E-state index contributed by atoms with van der Waals surface area (Å²) in [5, 5.41) is 6.07. The van der Waals surface area contributed by atoms with Crippen LogP contribution in [0, 0.1) is 17.7 Å². The summed E-state index contributed by atoms with van der Waals surface area (Å²) in [7, 11) is 0. The van der Waals surface area contributed by atoms with Gasteiger partial charge in [-0.3, -0.25) is 4.79 Å². The lowest BCUT2D eigenvalue weighted by molar-refractivity contribution is 0.0825. The second-order valence-electron chi connectivity index (χ2n) is 8.82. The van der Waals surface area contributed by atoms with Crippen molar-refractivity contribution in [2.45, 2.75) is 44.1 Å². The zero-order valence-corrected chi connectivity index (χ0v) is 17.5. The number of carbonyl (C=O) groups is 1. The van der Waals surface area contributed by atoms with E-state index in [0.29, 0.717) is 28.3 Å². The van der Waals surface area contributed by atoms with Crippen LogP contribution < -0.4 is 5.32 Å². The van der Waals surface area contributed by atoms with Crippen LogP contribution >= 0.6 is 11.6 Å². The van der Waals surface area contributed by atoms with Crippen LogP contribution in [0.3, 0.4) is 0 Å². The molecule has 2 saturated carbocycles. The van der Waals surface area contributed by atoms with E-state index in [0.717, 1.165) is 42.9 Å². The Morgan fingerprint density at radius 1 is 0.933 bits per heavy atom. The van der Waals surface area contributed by atoms with E-state index in [1.165, 1.54) is 11.6 Å². The van der Waals surface area contributed by atoms with Gasteiger partial charge in [0.15, 0.2) is 0 Å². The molecular formula is C26H25ClFNO. The fourth-order valence-corrected chi connectivity index (χ4v) is 5.78. The fourth-order valence-electron chi connectivity index (χ4n) is 5.66. The van der Waals surface area contributed by atoms with Crippen LogP contribution in [0.5, 0.6) is 0 Å². The summed E-state index contributed by atoms with van der Waals surface area (Å²) in [6.45, 7) is 0. The number of halogens is 2. The third-order valence-corrected chi connectivity index (χ3v) is 7.39. The van der Waals surface area contributed by atoms with Gasteiger partial charge in [-0.25, -0.2) is 4.39 Å². The van der Waals surface area contributed by atoms with Gasteiger partial charge in [-0.15, -0.1) is 0 Å². The van der Waals surface area contributed by atoms with Crippen LogP contribution in [-0.4, -0.2) is 11.9 Å². The predicted octanol–water partition coefficient (Wildman–Crippen LogP) is 6.72. The van der Waals surface area contributed by atoms with Crippen molar-refractivity contribution in [3.05, 3.63) is 82.6 Å². The van der Waals surface area contributed by atoms with E-state index in [9.17, 15) is 9.18 Å². The smallest absolute Gasteiger partial charge is 0.251 e. The molecule has 1 N–H and O–H groups in total. The number of rotatable bonds is 3. The first-order chi connectivity index (χ1) is 14.6. The van der Waals surface area contributed by atoms with Crippen LogP contribution in [0.25, 0.3) is 10.8 Å². The van der Waals surface area contributed by atoms with Crippen LogP contribution in [-0.2, 0) is 0 Å². The number of fused-ring (bicyclic) bond motifs is 3. The Labute approximate surface area is 181 Å². The second kappa shape index (κ2) is 8.03. The van der Waals surface area contributed by atoms with Crippen LogP contribution in [0.4, 0.5) is 4.39 Å². The van der Waals surface area contributed by atoms with Gasteiger partial charge in [0, 0.05) is 16.6 Å². The number of benzene rings is 3. The highest BCUT2D eigenvalue weighted by Crippen LogP contribution is 2.49. The Morgan fingerprint density at radius 3 is 2.57 bits per heavy atom. The van der Waals surface area contributed by atoms with E-state index in [2.05, 4.69) is 23.5 Å². The molecule has 0 unspecified atom stereocenters. The van der Waals surface area contributed by atoms with Crippen molar-refractivity contribution < 1.29 is 9.18 Å². The van der Waals surface area contributed by atoms with Gasteiger partial charge in [-0.05, 0) is 103 Å². The van der Waals surface area contributed by atoms with Crippen molar-refractivity contribution in [1.29, 1.82) is 0 Å². The Morgan fingerprint density at radius 2 is 1.73 bits per heavy atom. The highest BCUT2D eigenvalue weighted by Gasteiger charge is 2.40. The van der Waals surface area contributed by atoms with Gasteiger partial charge in [0.05, 0.1) is 0 Å². The third kappa shape index (κ3) is 3.72. The maximum absolute atomic E-state index is 13.9. The van der Waals surface area contributed by atoms with Gasteiger partial charge in [-0.2, -0.15) is 0 Å². The van der Waals surface area contributed by atoms with Crippen molar-refractivity contribution in [3.8, 4) is 0 Å². The zero-order chi connectivity index (χ0) is 20.7. The molecule has 4 heteroatoms. The molecule has 2 fully saturated rings. The molecule has 0 spiro atoms. The largest absolute Gasteiger partial charge is 0.349 e. The van der Waals surface area contributed by atoms with Crippen LogP contribution in [0.15, 0.2) is 60.7 Å². The molecule has 0 aromatic heterocycles. The van der Waals surface area contributed by atoms with Gasteiger partial charge in [-0.1, -0.05) is 35.9 Å². The van der Waals surface area contributed by atoms with E-state index in [1.54, 1.807) is 30.3 Å². The van der Waals surface area contributed by atoms with Crippen molar-refractivity contribution in [1.82, 2.24) is 5.32 Å². The van der Waals surface area contributed by atoms with E-state index in [4.69, 9.17) is 11.6 Å². The maximum Gasteiger partial charge on any atom is 0.251 e. The molecule has 0 heterocycles. The molecule has 4 atom stereocenters. The first kappa shape index (κ1) is 19.6. The summed E-state index contributed by atoms with van der Waals surface area (Å²) < 4.78 is 13.9. The first-order valence-corrected chi connectivity index (χ1v) is 11.2. The minimum Gasteiger partial charge on any atom is -0.349 e. The monoisotopic (exact) mass is 421 g/mol. The van der Waals surface area contributed by atoms with Crippen LogP contribution in [0.1, 0.15) is 53.9 Å². The molecule has 0 radical (unpaired) electrons. The molecule has 1 amide bonds. The highest BCUT2D eigenvalue weighted by molar-refractivity contribution is 6.30. The van der Waals surface area contributed by atoms with Gasteiger partial charge < -0.3 is 5.32 Å². The molecule has 154 valence electrons. The quantitative estimate of drug-likeness (QED) is 0.499. The Balaban J connectivity index is 1.31. The summed E-state index contributed by atoms with van der Waals surface area (Å²) in [4.78, 5) is 12.7. The molecule has 30 heavy (non-hydrogen) atoms. The molecule has 5 rings (SSSR count). The highest BCUT2D eigenvalue weighted by atomic mass is 35.5. The number of nitrogens with one attached hydrogen (secondary N) is 1. The summed E-state index contributed by atoms with van der Waals surface area (Å²) >= 11 is 5.93. The molecular weight excluding hydrogens is 397 g/mol. The number of hydrogen-bond acceptors (Lipinski definition) is 1. The molecule has 3 aromatic carbocycles. The molecule has 2 aliphatic carbocycles. The Hall–Kier alpha value is -2.39. The van der Waals surface area contributed by atoms with Crippen molar-refractivity contribution in [2.24, 2.45) is 11.8 Å². The number of hydrogen-bond donors (Lipinski definition) is 1. The summed E-state index contributed by atoms with van der Waals surface area (Å²) in [5.41, 5.74) is 1.95. The first-order valence-electron chi connectivity index (χ1n) is 10.8. The molecule has 3 aromatic rings. The van der Waals surface area contributed by atoms with Gasteiger partial charge in [0.2, 0.25) is 0 Å². The topological polar surface area (TPSA) is 29.1 Å². The van der Waals surface area contributed by atoms with E-state index in [-0.39, 0.29) is 17.8 Å². The maximum atomic E-state index is 13.9. The fraction of sp³-hybridized carbons (Fsp3) is 0.346. The van der Waals surface area contributed by atoms with E-state index >= 15 is 0 Å². The minimum atomic E-state index is -0.169. The Bertz CT molecular complexity index is 1080. The Kier molecular flexibility index (Phi) is 5.24.